The normalized spacial score (nSPS) is 17.1. The molecule has 0 aromatic heterocycles. The third-order valence-electron chi connectivity index (χ3n) is 4.32. The van der Waals surface area contributed by atoms with Gasteiger partial charge in [0.25, 0.3) is 0 Å². The maximum absolute atomic E-state index is 13.0. The van der Waals surface area contributed by atoms with Crippen LogP contribution in [0.1, 0.15) is 45.6 Å². The third kappa shape index (κ3) is 2.26. The van der Waals surface area contributed by atoms with Crippen LogP contribution in [0.15, 0.2) is 30.3 Å². The monoisotopic (exact) mass is 274 g/mol. The standard InChI is InChI=1S/C17H22O3/c1-4-20-15(19)16(2,3)14(18)17(11-8-12-17)13-9-6-5-7-10-13/h5-7,9-10H,4,8,11-12H2,1-3H3. The van der Waals surface area contributed by atoms with Crippen LogP contribution in [0.4, 0.5) is 0 Å². The van der Waals surface area contributed by atoms with Crippen LogP contribution in [0.2, 0.25) is 0 Å². The van der Waals surface area contributed by atoms with E-state index < -0.39 is 16.8 Å². The number of ether oxygens (including phenoxy) is 1. The lowest BCUT2D eigenvalue weighted by Gasteiger charge is -2.44. The number of carbonyl (C=O) groups excluding carboxylic acids is 2. The second kappa shape index (κ2) is 5.39. The van der Waals surface area contributed by atoms with Gasteiger partial charge in [0.1, 0.15) is 5.41 Å². The molecule has 0 atom stereocenters. The van der Waals surface area contributed by atoms with E-state index in [9.17, 15) is 9.59 Å². The summed E-state index contributed by atoms with van der Waals surface area (Å²) >= 11 is 0. The minimum Gasteiger partial charge on any atom is -0.465 e. The Labute approximate surface area is 120 Å². The fourth-order valence-corrected chi connectivity index (χ4v) is 2.94. The van der Waals surface area contributed by atoms with Crippen LogP contribution in [-0.4, -0.2) is 18.4 Å². The molecule has 3 heteroatoms. The van der Waals surface area contributed by atoms with Gasteiger partial charge in [-0.25, -0.2) is 0 Å². The van der Waals surface area contributed by atoms with E-state index in [1.807, 2.05) is 30.3 Å². The molecule has 0 heterocycles. The van der Waals surface area contributed by atoms with E-state index in [-0.39, 0.29) is 5.78 Å². The number of esters is 1. The van der Waals surface area contributed by atoms with Gasteiger partial charge < -0.3 is 4.74 Å². The summed E-state index contributed by atoms with van der Waals surface area (Å²) < 4.78 is 5.07. The van der Waals surface area contributed by atoms with Gasteiger partial charge in [-0.1, -0.05) is 36.8 Å². The first-order valence-corrected chi connectivity index (χ1v) is 7.23. The fourth-order valence-electron chi connectivity index (χ4n) is 2.94. The molecule has 0 N–H and O–H groups in total. The lowest BCUT2D eigenvalue weighted by molar-refractivity contribution is -0.161. The third-order valence-corrected chi connectivity index (χ3v) is 4.32. The van der Waals surface area contributed by atoms with Crippen LogP contribution in [0.5, 0.6) is 0 Å². The average Bonchev–Trinajstić information content (AvgIpc) is 2.39. The van der Waals surface area contributed by atoms with Crippen LogP contribution in [0.3, 0.4) is 0 Å². The zero-order chi connectivity index (χ0) is 14.8. The van der Waals surface area contributed by atoms with Crippen molar-refractivity contribution in [2.24, 2.45) is 5.41 Å². The van der Waals surface area contributed by atoms with E-state index in [1.165, 1.54) is 0 Å². The first kappa shape index (κ1) is 14.8. The van der Waals surface area contributed by atoms with Crippen LogP contribution in [0.25, 0.3) is 0 Å². The maximum atomic E-state index is 13.0. The van der Waals surface area contributed by atoms with Gasteiger partial charge in [0.05, 0.1) is 12.0 Å². The molecule has 108 valence electrons. The molecule has 20 heavy (non-hydrogen) atoms. The Morgan fingerprint density at radius 1 is 1.20 bits per heavy atom. The molecule has 0 saturated heterocycles. The van der Waals surface area contributed by atoms with Gasteiger partial charge >= 0.3 is 5.97 Å². The molecule has 0 radical (unpaired) electrons. The van der Waals surface area contributed by atoms with Gasteiger partial charge in [-0.15, -0.1) is 0 Å². The highest BCUT2D eigenvalue weighted by molar-refractivity contribution is 6.08. The minimum atomic E-state index is -1.09. The molecular weight excluding hydrogens is 252 g/mol. The maximum Gasteiger partial charge on any atom is 0.319 e. The van der Waals surface area contributed by atoms with Crippen molar-refractivity contribution in [1.82, 2.24) is 0 Å². The van der Waals surface area contributed by atoms with Crippen molar-refractivity contribution < 1.29 is 14.3 Å². The van der Waals surface area contributed by atoms with Crippen molar-refractivity contribution in [2.75, 3.05) is 6.61 Å². The predicted molar refractivity (Wildman–Crippen MR) is 77.4 cm³/mol. The Morgan fingerprint density at radius 2 is 1.80 bits per heavy atom. The first-order valence-electron chi connectivity index (χ1n) is 7.23. The van der Waals surface area contributed by atoms with Crippen molar-refractivity contribution in [3.8, 4) is 0 Å². The Balaban J connectivity index is 2.33. The topological polar surface area (TPSA) is 43.4 Å². The second-order valence-electron chi connectivity index (χ2n) is 5.98. The summed E-state index contributed by atoms with van der Waals surface area (Å²) in [6.45, 7) is 5.41. The largest absolute Gasteiger partial charge is 0.465 e. The van der Waals surface area contributed by atoms with E-state index in [2.05, 4.69) is 0 Å². The van der Waals surface area contributed by atoms with Crippen molar-refractivity contribution in [3.05, 3.63) is 35.9 Å². The zero-order valence-corrected chi connectivity index (χ0v) is 12.4. The van der Waals surface area contributed by atoms with Gasteiger partial charge in [-0.3, -0.25) is 9.59 Å². The van der Waals surface area contributed by atoms with E-state index in [0.717, 1.165) is 24.8 Å². The molecule has 1 saturated carbocycles. The number of hydrogen-bond donors (Lipinski definition) is 0. The molecule has 0 bridgehead atoms. The Morgan fingerprint density at radius 3 is 2.25 bits per heavy atom. The van der Waals surface area contributed by atoms with Crippen molar-refractivity contribution >= 4 is 11.8 Å². The van der Waals surface area contributed by atoms with Crippen molar-refractivity contribution in [3.63, 3.8) is 0 Å². The Kier molecular flexibility index (Phi) is 3.98. The van der Waals surface area contributed by atoms with E-state index in [0.29, 0.717) is 6.61 Å². The minimum absolute atomic E-state index is 0.0131. The van der Waals surface area contributed by atoms with Gasteiger partial charge in [0, 0.05) is 0 Å². The lowest BCUT2D eigenvalue weighted by atomic mass is 9.57. The second-order valence-corrected chi connectivity index (χ2v) is 5.98. The molecular formula is C17H22O3. The highest BCUT2D eigenvalue weighted by Gasteiger charge is 2.53. The lowest BCUT2D eigenvalue weighted by Crippen LogP contribution is -2.51. The number of ketones is 1. The number of hydrogen-bond acceptors (Lipinski definition) is 3. The molecule has 1 aromatic rings. The van der Waals surface area contributed by atoms with E-state index in [1.54, 1.807) is 20.8 Å². The molecule has 1 aromatic carbocycles. The van der Waals surface area contributed by atoms with Crippen molar-refractivity contribution in [1.29, 1.82) is 0 Å². The Hall–Kier alpha value is -1.64. The summed E-state index contributed by atoms with van der Waals surface area (Å²) in [4.78, 5) is 25.1. The molecule has 3 nitrogen and oxygen atoms in total. The van der Waals surface area contributed by atoms with Gasteiger partial charge in [-0.2, -0.15) is 0 Å². The molecule has 2 rings (SSSR count). The van der Waals surface area contributed by atoms with Crippen molar-refractivity contribution in [2.45, 2.75) is 45.4 Å². The van der Waals surface area contributed by atoms with Gasteiger partial charge in [0.2, 0.25) is 0 Å². The van der Waals surface area contributed by atoms with Crippen LogP contribution in [0, 0.1) is 5.41 Å². The summed E-state index contributed by atoms with van der Waals surface area (Å²) in [5.41, 5.74) is -0.572. The molecule has 0 spiro atoms. The van der Waals surface area contributed by atoms with Gasteiger partial charge in [0.15, 0.2) is 5.78 Å². The summed E-state index contributed by atoms with van der Waals surface area (Å²) in [6.07, 6.45) is 2.66. The molecule has 1 aliphatic rings. The average molecular weight is 274 g/mol. The number of carbonyl (C=O) groups is 2. The number of Topliss-reactive ketones (excluding diaryl/α,β-unsaturated/α-hetero) is 1. The quantitative estimate of drug-likeness (QED) is 0.611. The zero-order valence-electron chi connectivity index (χ0n) is 12.4. The fraction of sp³-hybridized carbons (Fsp3) is 0.529. The Bertz CT molecular complexity index is 498. The summed E-state index contributed by atoms with van der Waals surface area (Å²) in [5.74, 6) is -0.437. The highest BCUT2D eigenvalue weighted by Crippen LogP contribution is 2.48. The van der Waals surface area contributed by atoms with E-state index in [4.69, 9.17) is 4.74 Å². The number of benzene rings is 1. The smallest absolute Gasteiger partial charge is 0.319 e. The number of rotatable bonds is 5. The van der Waals surface area contributed by atoms with Crippen LogP contribution in [-0.2, 0) is 19.7 Å². The molecule has 0 amide bonds. The summed E-state index contributed by atoms with van der Waals surface area (Å²) in [6, 6.07) is 9.80. The predicted octanol–water partition coefficient (Wildman–Crippen LogP) is 3.27. The molecule has 0 aliphatic heterocycles. The highest BCUT2D eigenvalue weighted by atomic mass is 16.5. The van der Waals surface area contributed by atoms with Crippen LogP contribution >= 0.6 is 0 Å². The van der Waals surface area contributed by atoms with E-state index >= 15 is 0 Å². The first-order chi connectivity index (χ1) is 9.45. The summed E-state index contributed by atoms with van der Waals surface area (Å²) in [7, 11) is 0. The molecule has 1 fully saturated rings. The SMILES string of the molecule is CCOC(=O)C(C)(C)C(=O)C1(c2ccccc2)CCC1. The molecule has 1 aliphatic carbocycles. The van der Waals surface area contributed by atoms with Crippen LogP contribution < -0.4 is 0 Å². The summed E-state index contributed by atoms with van der Waals surface area (Å²) in [5, 5.41) is 0. The molecule has 0 unspecified atom stereocenters. The van der Waals surface area contributed by atoms with Gasteiger partial charge in [-0.05, 0) is 39.2 Å².